The molecule has 0 amide bonds. The van der Waals surface area contributed by atoms with Gasteiger partial charge in [-0.3, -0.25) is 0 Å². The molecule has 4 fully saturated rings. The number of aromatic nitrogens is 2. The molecule has 6 heteroatoms. The maximum atomic E-state index is 12.5. The largest absolute Gasteiger partial charge is 0.476 e. The molecule has 22 heavy (non-hydrogen) atoms. The fourth-order valence-electron chi connectivity index (χ4n) is 5.05. The van der Waals surface area contributed by atoms with Crippen molar-refractivity contribution in [3.8, 4) is 0 Å². The normalized spacial score (nSPS) is 35.4. The molecule has 1 aromatic heterocycles. The Morgan fingerprint density at radius 2 is 1.50 bits per heavy atom. The molecule has 0 aromatic carbocycles. The van der Waals surface area contributed by atoms with Crippen molar-refractivity contribution in [3.63, 3.8) is 0 Å². The summed E-state index contributed by atoms with van der Waals surface area (Å²) >= 11 is 0. The highest BCUT2D eigenvalue weighted by atomic mass is 16.6. The monoisotopic (exact) mass is 302 g/mol. The van der Waals surface area contributed by atoms with Crippen LogP contribution in [0.1, 0.15) is 59.5 Å². The predicted molar refractivity (Wildman–Crippen MR) is 75.3 cm³/mol. The van der Waals surface area contributed by atoms with Crippen LogP contribution in [0.3, 0.4) is 0 Å². The van der Waals surface area contributed by atoms with Crippen LogP contribution in [0.2, 0.25) is 0 Å². The Hall–Kier alpha value is -1.98. The quantitative estimate of drug-likeness (QED) is 0.862. The minimum atomic E-state index is -1.26. The summed E-state index contributed by atoms with van der Waals surface area (Å²) in [6, 6.07) is 0. The zero-order valence-corrected chi connectivity index (χ0v) is 12.2. The number of esters is 1. The van der Waals surface area contributed by atoms with Gasteiger partial charge < -0.3 is 9.84 Å². The van der Waals surface area contributed by atoms with E-state index in [1.54, 1.807) is 0 Å². The van der Waals surface area contributed by atoms with Crippen LogP contribution in [-0.2, 0) is 4.74 Å². The fraction of sp³-hybridized carbons (Fsp3) is 0.625. The van der Waals surface area contributed by atoms with Gasteiger partial charge in [-0.15, -0.1) is 0 Å². The Labute approximate surface area is 127 Å². The zero-order chi connectivity index (χ0) is 15.3. The zero-order valence-electron chi connectivity index (χ0n) is 12.2. The maximum Gasteiger partial charge on any atom is 0.360 e. The summed E-state index contributed by atoms with van der Waals surface area (Å²) in [7, 11) is 0. The van der Waals surface area contributed by atoms with E-state index in [0.29, 0.717) is 17.8 Å². The highest BCUT2D eigenvalue weighted by Crippen LogP contribution is 2.57. The molecular weight excluding hydrogens is 284 g/mol. The van der Waals surface area contributed by atoms with E-state index in [1.807, 2.05) is 0 Å². The molecule has 0 radical (unpaired) electrons. The lowest BCUT2D eigenvalue weighted by molar-refractivity contribution is -0.131. The third kappa shape index (κ3) is 2.17. The first kappa shape index (κ1) is 13.7. The minimum Gasteiger partial charge on any atom is -0.476 e. The maximum absolute atomic E-state index is 12.5. The summed E-state index contributed by atoms with van der Waals surface area (Å²) in [5, 5.41) is 9.13. The molecule has 4 aliphatic rings. The van der Waals surface area contributed by atoms with Crippen LogP contribution in [0.5, 0.6) is 0 Å². The number of carboxylic acids is 1. The first-order valence-electron chi connectivity index (χ1n) is 7.82. The molecule has 4 saturated carbocycles. The Morgan fingerprint density at radius 1 is 1.00 bits per heavy atom. The van der Waals surface area contributed by atoms with Gasteiger partial charge in [-0.25, -0.2) is 19.6 Å². The number of carboxylic acid groups (broad SMARTS) is 1. The highest BCUT2D eigenvalue weighted by molar-refractivity contribution is 5.99. The summed E-state index contributed by atoms with van der Waals surface area (Å²) in [6.45, 7) is 0. The van der Waals surface area contributed by atoms with Crippen LogP contribution in [0.15, 0.2) is 12.4 Å². The molecule has 1 aromatic rings. The molecule has 116 valence electrons. The molecular formula is C16H18N2O4. The van der Waals surface area contributed by atoms with Crippen LogP contribution < -0.4 is 0 Å². The predicted octanol–water partition coefficient (Wildman–Crippen LogP) is 2.30. The molecule has 1 N–H and O–H groups in total. The molecule has 0 unspecified atom stereocenters. The molecule has 5 rings (SSSR count). The number of aromatic carboxylic acids is 1. The van der Waals surface area contributed by atoms with E-state index < -0.39 is 17.5 Å². The average molecular weight is 302 g/mol. The number of ether oxygens (including phenoxy) is 1. The van der Waals surface area contributed by atoms with Gasteiger partial charge in [-0.05, 0) is 56.3 Å². The van der Waals surface area contributed by atoms with Crippen LogP contribution in [0.25, 0.3) is 0 Å². The second kappa shape index (κ2) is 4.76. The molecule has 0 saturated heterocycles. The Morgan fingerprint density at radius 3 is 2.00 bits per heavy atom. The second-order valence-electron chi connectivity index (χ2n) is 7.05. The molecule has 1 heterocycles. The van der Waals surface area contributed by atoms with E-state index in [2.05, 4.69) is 9.97 Å². The van der Waals surface area contributed by atoms with Gasteiger partial charge >= 0.3 is 11.9 Å². The number of hydrogen-bond acceptors (Lipinski definition) is 5. The van der Waals surface area contributed by atoms with Gasteiger partial charge in [-0.1, -0.05) is 0 Å². The minimum absolute atomic E-state index is 0.189. The van der Waals surface area contributed by atoms with Crippen LogP contribution in [0.4, 0.5) is 0 Å². The van der Waals surface area contributed by atoms with E-state index in [1.165, 1.54) is 31.7 Å². The van der Waals surface area contributed by atoms with Crippen molar-refractivity contribution in [2.45, 2.75) is 44.1 Å². The third-order valence-corrected chi connectivity index (χ3v) is 5.39. The summed E-state index contributed by atoms with van der Waals surface area (Å²) in [5.74, 6) is 0.0533. The van der Waals surface area contributed by atoms with Crippen LogP contribution >= 0.6 is 0 Å². The standard InChI is InChI=1S/C16H18N2O4/c19-14(20)12-13(18-2-1-17-12)15(21)22-16-6-9-3-10(7-16)5-11(4-9)8-16/h1-2,9-11H,3-8H2,(H,19,20). The summed E-state index contributed by atoms with van der Waals surface area (Å²) in [4.78, 5) is 31.3. The van der Waals surface area contributed by atoms with Gasteiger partial charge in [0.2, 0.25) is 0 Å². The lowest BCUT2D eigenvalue weighted by atomic mass is 9.54. The van der Waals surface area contributed by atoms with E-state index in [0.717, 1.165) is 19.3 Å². The molecule has 6 nitrogen and oxygen atoms in total. The van der Waals surface area contributed by atoms with E-state index in [-0.39, 0.29) is 11.4 Å². The van der Waals surface area contributed by atoms with E-state index in [9.17, 15) is 9.59 Å². The van der Waals surface area contributed by atoms with Crippen LogP contribution in [0, 0.1) is 17.8 Å². The first-order chi connectivity index (χ1) is 10.5. The number of nitrogens with zero attached hydrogens (tertiary/aromatic N) is 2. The van der Waals surface area contributed by atoms with Crippen molar-refractivity contribution >= 4 is 11.9 Å². The summed E-state index contributed by atoms with van der Waals surface area (Å²) in [6.07, 6.45) is 9.08. The Kier molecular flexibility index (Phi) is 2.96. The topological polar surface area (TPSA) is 89.4 Å². The number of carbonyl (C=O) groups excluding carboxylic acids is 1. The molecule has 4 bridgehead atoms. The summed E-state index contributed by atoms with van der Waals surface area (Å²) in [5.41, 5.74) is -0.929. The van der Waals surface area contributed by atoms with Gasteiger partial charge in [0.05, 0.1) is 0 Å². The van der Waals surface area contributed by atoms with Crippen molar-refractivity contribution in [2.24, 2.45) is 17.8 Å². The smallest absolute Gasteiger partial charge is 0.360 e. The van der Waals surface area contributed by atoms with Gasteiger partial charge in [0.15, 0.2) is 11.4 Å². The van der Waals surface area contributed by atoms with Crippen molar-refractivity contribution in [1.82, 2.24) is 9.97 Å². The number of carbonyl (C=O) groups is 2. The number of hydrogen-bond donors (Lipinski definition) is 1. The number of rotatable bonds is 3. The van der Waals surface area contributed by atoms with Gasteiger partial charge in [0.1, 0.15) is 5.60 Å². The van der Waals surface area contributed by atoms with Crippen molar-refractivity contribution in [1.29, 1.82) is 0 Å². The summed E-state index contributed by atoms with van der Waals surface area (Å²) < 4.78 is 5.82. The lowest BCUT2D eigenvalue weighted by Crippen LogP contribution is -2.52. The first-order valence-corrected chi connectivity index (χ1v) is 7.82. The van der Waals surface area contributed by atoms with Crippen LogP contribution in [-0.4, -0.2) is 32.6 Å². The van der Waals surface area contributed by atoms with E-state index >= 15 is 0 Å². The van der Waals surface area contributed by atoms with Gasteiger partial charge in [0, 0.05) is 12.4 Å². The van der Waals surface area contributed by atoms with Crippen molar-refractivity contribution < 1.29 is 19.4 Å². The second-order valence-corrected chi connectivity index (χ2v) is 7.05. The van der Waals surface area contributed by atoms with Gasteiger partial charge in [0.25, 0.3) is 0 Å². The van der Waals surface area contributed by atoms with E-state index in [4.69, 9.17) is 9.84 Å². The third-order valence-electron chi connectivity index (χ3n) is 5.39. The molecule has 4 aliphatic carbocycles. The Balaban J connectivity index is 1.59. The van der Waals surface area contributed by atoms with Gasteiger partial charge in [-0.2, -0.15) is 0 Å². The molecule has 0 spiro atoms. The van der Waals surface area contributed by atoms with Crippen molar-refractivity contribution in [3.05, 3.63) is 23.8 Å². The lowest BCUT2D eigenvalue weighted by Gasteiger charge is -2.55. The fourth-order valence-corrected chi connectivity index (χ4v) is 5.05. The Bertz CT molecular complexity index is 608. The van der Waals surface area contributed by atoms with Crippen molar-refractivity contribution in [2.75, 3.05) is 0 Å². The molecule has 0 atom stereocenters. The molecule has 0 aliphatic heterocycles. The SMILES string of the molecule is O=C(O)c1nccnc1C(=O)OC12CC3CC(CC(C3)C1)C2. The highest BCUT2D eigenvalue weighted by Gasteiger charge is 2.53. The average Bonchev–Trinajstić information content (AvgIpc) is 2.45.